The van der Waals surface area contributed by atoms with Crippen molar-refractivity contribution in [3.63, 3.8) is 0 Å². The maximum atomic E-state index is 13.9. The first-order chi connectivity index (χ1) is 13.3. The summed E-state index contributed by atoms with van der Waals surface area (Å²) < 4.78 is 36.9. The van der Waals surface area contributed by atoms with Gasteiger partial charge >= 0.3 is 6.03 Å². The topological polar surface area (TPSA) is 95.7 Å². The van der Waals surface area contributed by atoms with E-state index in [1.807, 2.05) is 4.90 Å². The molecular formula is C19H23FN4O3S. The van der Waals surface area contributed by atoms with Crippen molar-refractivity contribution >= 4 is 21.7 Å². The Balaban J connectivity index is 1.59. The lowest BCUT2D eigenvalue weighted by molar-refractivity contribution is 0.191. The molecule has 150 valence electrons. The minimum atomic E-state index is -3.80. The molecule has 2 aromatic carbocycles. The third-order valence-electron chi connectivity index (χ3n) is 4.79. The average Bonchev–Trinajstić information content (AvgIpc) is 2.68. The Labute approximate surface area is 164 Å². The summed E-state index contributed by atoms with van der Waals surface area (Å²) in [6.45, 7) is 3.76. The van der Waals surface area contributed by atoms with E-state index in [9.17, 15) is 17.6 Å². The Morgan fingerprint density at radius 2 is 1.79 bits per heavy atom. The van der Waals surface area contributed by atoms with E-state index in [0.29, 0.717) is 37.4 Å². The summed E-state index contributed by atoms with van der Waals surface area (Å²) in [5.74, 6) is -0.274. The number of rotatable bonds is 4. The Morgan fingerprint density at radius 1 is 1.11 bits per heavy atom. The molecule has 0 aromatic heterocycles. The number of hydrogen-bond acceptors (Lipinski definition) is 4. The Morgan fingerprint density at radius 3 is 2.43 bits per heavy atom. The minimum absolute atomic E-state index is 0.00426. The highest BCUT2D eigenvalue weighted by Gasteiger charge is 2.24. The van der Waals surface area contributed by atoms with Gasteiger partial charge in [0.1, 0.15) is 5.82 Å². The summed E-state index contributed by atoms with van der Waals surface area (Å²) in [5.41, 5.74) is 1.18. The molecule has 1 saturated heterocycles. The first kappa shape index (κ1) is 20.1. The van der Waals surface area contributed by atoms with Crippen molar-refractivity contribution in [1.82, 2.24) is 10.2 Å². The van der Waals surface area contributed by atoms with Crippen LogP contribution in [0.5, 0.6) is 0 Å². The van der Waals surface area contributed by atoms with Gasteiger partial charge in [-0.05, 0) is 36.8 Å². The van der Waals surface area contributed by atoms with E-state index in [1.54, 1.807) is 42.2 Å². The Kier molecular flexibility index (Phi) is 5.85. The summed E-state index contributed by atoms with van der Waals surface area (Å²) in [4.78, 5) is 16.1. The van der Waals surface area contributed by atoms with Crippen LogP contribution in [0.4, 0.5) is 14.9 Å². The van der Waals surface area contributed by atoms with Gasteiger partial charge in [-0.1, -0.05) is 24.3 Å². The van der Waals surface area contributed by atoms with Crippen LogP contribution in [0, 0.1) is 5.82 Å². The number of anilines is 1. The van der Waals surface area contributed by atoms with Crippen LogP contribution in [-0.2, 0) is 10.0 Å². The summed E-state index contributed by atoms with van der Waals surface area (Å²) >= 11 is 0. The number of urea groups is 1. The Bertz CT molecular complexity index is 959. The maximum Gasteiger partial charge on any atom is 0.317 e. The molecule has 2 amide bonds. The monoisotopic (exact) mass is 406 g/mol. The fourth-order valence-corrected chi connectivity index (χ4v) is 3.75. The molecule has 3 N–H and O–H groups in total. The second-order valence-electron chi connectivity index (χ2n) is 6.71. The van der Waals surface area contributed by atoms with Gasteiger partial charge in [-0.15, -0.1) is 0 Å². The average molecular weight is 406 g/mol. The van der Waals surface area contributed by atoms with Gasteiger partial charge in [-0.3, -0.25) is 0 Å². The SMILES string of the molecule is CC(NC(=O)N1CCN(c2ccccc2F)CC1)c1cccc(S(N)(=O)=O)c1. The number of para-hydroxylation sites is 1. The smallest absolute Gasteiger partial charge is 0.317 e. The van der Waals surface area contributed by atoms with Gasteiger partial charge in [0.15, 0.2) is 0 Å². The number of primary sulfonamides is 1. The second kappa shape index (κ2) is 8.15. The van der Waals surface area contributed by atoms with E-state index < -0.39 is 16.1 Å². The molecule has 7 nitrogen and oxygen atoms in total. The summed E-state index contributed by atoms with van der Waals surface area (Å²) in [6.07, 6.45) is 0. The quantitative estimate of drug-likeness (QED) is 0.812. The van der Waals surface area contributed by atoms with E-state index in [2.05, 4.69) is 5.32 Å². The highest BCUT2D eigenvalue weighted by molar-refractivity contribution is 7.89. The van der Waals surface area contributed by atoms with Gasteiger partial charge in [0.05, 0.1) is 16.6 Å². The van der Waals surface area contributed by atoms with Gasteiger partial charge in [0.2, 0.25) is 10.0 Å². The fourth-order valence-electron chi connectivity index (χ4n) is 3.18. The van der Waals surface area contributed by atoms with Gasteiger partial charge < -0.3 is 15.1 Å². The molecule has 0 bridgehead atoms. The molecule has 1 heterocycles. The summed E-state index contributed by atoms with van der Waals surface area (Å²) in [6, 6.07) is 12.1. The van der Waals surface area contributed by atoms with E-state index >= 15 is 0 Å². The van der Waals surface area contributed by atoms with Crippen LogP contribution < -0.4 is 15.4 Å². The van der Waals surface area contributed by atoms with Crippen LogP contribution in [0.2, 0.25) is 0 Å². The zero-order chi connectivity index (χ0) is 20.3. The number of carbonyl (C=O) groups is 1. The predicted molar refractivity (Wildman–Crippen MR) is 105 cm³/mol. The van der Waals surface area contributed by atoms with E-state index in [1.165, 1.54) is 18.2 Å². The Hall–Kier alpha value is -2.65. The molecule has 0 saturated carbocycles. The lowest BCUT2D eigenvalue weighted by Gasteiger charge is -2.36. The highest BCUT2D eigenvalue weighted by atomic mass is 32.2. The highest BCUT2D eigenvalue weighted by Crippen LogP contribution is 2.21. The third kappa shape index (κ3) is 4.60. The van der Waals surface area contributed by atoms with Crippen LogP contribution in [0.25, 0.3) is 0 Å². The minimum Gasteiger partial charge on any atom is -0.366 e. The molecule has 3 rings (SSSR count). The lowest BCUT2D eigenvalue weighted by atomic mass is 10.1. The van der Waals surface area contributed by atoms with Crippen molar-refractivity contribution in [2.75, 3.05) is 31.1 Å². The number of amides is 2. The molecule has 1 atom stereocenters. The van der Waals surface area contributed by atoms with E-state index in [4.69, 9.17) is 5.14 Å². The number of nitrogens with zero attached hydrogens (tertiary/aromatic N) is 2. The summed E-state index contributed by atoms with van der Waals surface area (Å²) in [7, 11) is -3.80. The van der Waals surface area contributed by atoms with Crippen molar-refractivity contribution < 1.29 is 17.6 Å². The zero-order valence-corrected chi connectivity index (χ0v) is 16.3. The molecule has 0 aliphatic carbocycles. The number of nitrogens with one attached hydrogen (secondary N) is 1. The number of benzene rings is 2. The number of carbonyl (C=O) groups excluding carboxylic acids is 1. The molecule has 28 heavy (non-hydrogen) atoms. The lowest BCUT2D eigenvalue weighted by Crippen LogP contribution is -2.52. The first-order valence-corrected chi connectivity index (χ1v) is 10.5. The van der Waals surface area contributed by atoms with Crippen molar-refractivity contribution in [3.8, 4) is 0 Å². The molecule has 1 unspecified atom stereocenters. The van der Waals surface area contributed by atoms with Crippen LogP contribution in [0.1, 0.15) is 18.5 Å². The van der Waals surface area contributed by atoms with E-state index in [0.717, 1.165) is 0 Å². The molecule has 1 aliphatic rings. The van der Waals surface area contributed by atoms with Gasteiger partial charge in [-0.2, -0.15) is 0 Å². The number of piperazine rings is 1. The molecule has 0 radical (unpaired) electrons. The molecule has 2 aromatic rings. The molecular weight excluding hydrogens is 383 g/mol. The van der Waals surface area contributed by atoms with Crippen LogP contribution in [-0.4, -0.2) is 45.5 Å². The number of hydrogen-bond donors (Lipinski definition) is 2. The normalized spacial score (nSPS) is 16.0. The van der Waals surface area contributed by atoms with Crippen molar-refractivity contribution in [3.05, 3.63) is 59.9 Å². The maximum absolute atomic E-state index is 13.9. The number of halogens is 1. The molecule has 1 aliphatic heterocycles. The first-order valence-electron chi connectivity index (χ1n) is 8.93. The number of nitrogens with two attached hydrogens (primary N) is 1. The summed E-state index contributed by atoms with van der Waals surface area (Å²) in [5, 5.41) is 8.03. The van der Waals surface area contributed by atoms with Crippen molar-refractivity contribution in [2.24, 2.45) is 5.14 Å². The van der Waals surface area contributed by atoms with Crippen molar-refractivity contribution in [1.29, 1.82) is 0 Å². The number of sulfonamides is 1. The van der Waals surface area contributed by atoms with Gasteiger partial charge in [0.25, 0.3) is 0 Å². The largest absolute Gasteiger partial charge is 0.366 e. The predicted octanol–water partition coefficient (Wildman–Crippen LogP) is 2.07. The third-order valence-corrected chi connectivity index (χ3v) is 5.70. The molecule has 9 heteroatoms. The fraction of sp³-hybridized carbons (Fsp3) is 0.316. The van der Waals surface area contributed by atoms with Crippen LogP contribution in [0.15, 0.2) is 53.4 Å². The van der Waals surface area contributed by atoms with Gasteiger partial charge in [-0.25, -0.2) is 22.7 Å². The molecule has 0 spiro atoms. The standard InChI is InChI=1S/C19H23FN4O3S/c1-14(15-5-4-6-16(13-15)28(21,26)27)22-19(25)24-11-9-23(10-12-24)18-8-3-2-7-17(18)20/h2-8,13-14H,9-12H2,1H3,(H,22,25)(H2,21,26,27). The molecule has 1 fully saturated rings. The second-order valence-corrected chi connectivity index (χ2v) is 8.28. The van der Waals surface area contributed by atoms with Crippen molar-refractivity contribution in [2.45, 2.75) is 17.9 Å². The zero-order valence-electron chi connectivity index (χ0n) is 15.5. The van der Waals surface area contributed by atoms with Crippen LogP contribution in [0.3, 0.4) is 0 Å². The van der Waals surface area contributed by atoms with Crippen LogP contribution >= 0.6 is 0 Å². The van der Waals surface area contributed by atoms with E-state index in [-0.39, 0.29) is 16.7 Å². The van der Waals surface area contributed by atoms with Gasteiger partial charge in [0, 0.05) is 26.2 Å².